The van der Waals surface area contributed by atoms with E-state index in [2.05, 4.69) is 10.3 Å². The van der Waals surface area contributed by atoms with Crippen LogP contribution in [0.4, 0.5) is 22.0 Å². The summed E-state index contributed by atoms with van der Waals surface area (Å²) in [7, 11) is -9.72. The molecule has 1 aliphatic carbocycles. The number of allylic oxidation sites excluding steroid dienone is 7. The van der Waals surface area contributed by atoms with E-state index >= 15 is 8.78 Å². The predicted octanol–water partition coefficient (Wildman–Crippen LogP) is 7.94. The van der Waals surface area contributed by atoms with Crippen LogP contribution >= 0.6 is 0 Å². The molecule has 1 N–H and O–H groups in total. The Hall–Kier alpha value is -3.84. The number of carbonyl (C=O) groups is 1. The number of carboxylic acids is 1. The summed E-state index contributed by atoms with van der Waals surface area (Å²) in [5.74, 6) is -5.73. The highest BCUT2D eigenvalue weighted by Crippen LogP contribution is 2.46. The average molecular weight is 694 g/mol. The summed E-state index contributed by atoms with van der Waals surface area (Å²) in [4.78, 5) is 15.9. The van der Waals surface area contributed by atoms with E-state index in [1.165, 1.54) is 0 Å². The van der Waals surface area contributed by atoms with Crippen molar-refractivity contribution < 1.29 is 44.5 Å². The number of aliphatic carboxylic acids is 1. The van der Waals surface area contributed by atoms with E-state index in [4.69, 9.17) is 10.1 Å². The third-order valence-corrected chi connectivity index (χ3v) is 12.4. The molecule has 6 nitrogen and oxygen atoms in total. The summed E-state index contributed by atoms with van der Waals surface area (Å²) >= 11 is 0. The summed E-state index contributed by atoms with van der Waals surface area (Å²) in [6, 6.07) is 7.99. The van der Waals surface area contributed by atoms with E-state index in [0.717, 1.165) is 22.8 Å². The van der Waals surface area contributed by atoms with Crippen molar-refractivity contribution in [1.82, 2.24) is 0 Å². The van der Waals surface area contributed by atoms with Crippen molar-refractivity contribution >= 4 is 40.6 Å². The summed E-state index contributed by atoms with van der Waals surface area (Å²) in [5, 5.41) is 9.63. The highest BCUT2D eigenvalue weighted by molar-refractivity contribution is 7.88. The zero-order chi connectivity index (χ0) is 35.3. The highest BCUT2D eigenvalue weighted by Gasteiger charge is 2.51. The minimum Gasteiger partial charge on any atom is -0.481 e. The molecule has 1 heterocycles. The van der Waals surface area contributed by atoms with E-state index in [-0.39, 0.29) is 35.6 Å². The number of aliphatic imine (C=N–C) groups is 1. The molecular weight excluding hydrogens is 658 g/mol. The summed E-state index contributed by atoms with van der Waals surface area (Å²) in [6.45, 7) is 13.5. The van der Waals surface area contributed by atoms with Crippen molar-refractivity contribution in [2.24, 2.45) is 10.4 Å². The van der Waals surface area contributed by atoms with Gasteiger partial charge in [0.25, 0.3) is 0 Å². The van der Waals surface area contributed by atoms with Gasteiger partial charge in [-0.15, -0.1) is 0 Å². The Morgan fingerprint density at radius 2 is 1.70 bits per heavy atom. The van der Waals surface area contributed by atoms with E-state index in [0.29, 0.717) is 27.6 Å². The zero-order valence-corrected chi connectivity index (χ0v) is 28.9. The first kappa shape index (κ1) is 36.0. The molecule has 0 fully saturated rings. The van der Waals surface area contributed by atoms with Crippen molar-refractivity contribution in [2.45, 2.75) is 66.1 Å². The minimum absolute atomic E-state index is 0.0878. The fraction of sp³-hybridized carbons (Fsp3) is 0.353. The molecule has 13 heteroatoms. The number of alkyl halides is 3. The van der Waals surface area contributed by atoms with Crippen LogP contribution in [0.15, 0.2) is 75.5 Å². The van der Waals surface area contributed by atoms with Gasteiger partial charge in [0.15, 0.2) is 11.6 Å². The first-order chi connectivity index (χ1) is 21.6. The van der Waals surface area contributed by atoms with E-state index in [1.807, 2.05) is 46.8 Å². The topological polar surface area (TPSA) is 93.0 Å². The first-order valence-electron chi connectivity index (χ1n) is 14.8. The molecule has 2 aliphatic rings. The Morgan fingerprint density at radius 3 is 2.28 bits per heavy atom. The lowest BCUT2D eigenvalue weighted by atomic mass is 9.83. The monoisotopic (exact) mass is 693 g/mol. The second-order valence-electron chi connectivity index (χ2n) is 13.2. The van der Waals surface area contributed by atoms with Gasteiger partial charge in [0.1, 0.15) is 8.07 Å². The molecule has 0 spiro atoms. The molecule has 0 unspecified atom stereocenters. The molecule has 0 aromatic heterocycles. The van der Waals surface area contributed by atoms with Crippen molar-refractivity contribution in [1.29, 1.82) is 0 Å². The number of nitrogens with zero attached hydrogens (tertiary/aromatic N) is 1. The Labute approximate surface area is 272 Å². The molecule has 0 radical (unpaired) electrons. The summed E-state index contributed by atoms with van der Waals surface area (Å²) in [6.07, 6.45) is 5.91. The molecule has 2 aromatic rings. The number of aryl methyl sites for hydroxylation is 1. The lowest BCUT2D eigenvalue weighted by Gasteiger charge is -2.39. The van der Waals surface area contributed by atoms with Gasteiger partial charge in [-0.05, 0) is 87.7 Å². The molecule has 4 rings (SSSR count). The van der Waals surface area contributed by atoms with Crippen LogP contribution in [0.25, 0.3) is 5.57 Å². The first-order valence-corrected chi connectivity index (χ1v) is 19.2. The molecule has 0 amide bonds. The smallest absolute Gasteiger partial charge is 0.481 e. The van der Waals surface area contributed by atoms with Gasteiger partial charge in [-0.25, -0.2) is 8.78 Å². The van der Waals surface area contributed by atoms with Crippen LogP contribution in [0, 0.1) is 24.0 Å². The summed E-state index contributed by atoms with van der Waals surface area (Å²) in [5.41, 5.74) is -1.50. The maximum Gasteiger partial charge on any atom is 0.534 e. The normalized spacial score (nSPS) is 17.6. The molecule has 47 heavy (non-hydrogen) atoms. The maximum atomic E-state index is 16.5. The largest absolute Gasteiger partial charge is 0.534 e. The van der Waals surface area contributed by atoms with Gasteiger partial charge in [0, 0.05) is 18.5 Å². The lowest BCUT2D eigenvalue weighted by molar-refractivity contribution is -0.137. The standard InChI is InChI=1S/C34H36F5NO5SSi/c1-19-11-8-9-12-21(19)29-23-15-22(20(2)18-33(3,4)5)26(40-14-10-13-28(41)42)17-27(23)47(6,7)32-24(29)16-25(35)31(30(32)36)45-46(43,44)34(37,38)39/h8-9,11-12,15-18H,10,13-14H2,1-7H3,(H,41,42)/b20-18-,40-26+. The second kappa shape index (κ2) is 12.6. The Balaban J connectivity index is 2.13. The molecule has 0 atom stereocenters. The zero-order valence-electron chi connectivity index (χ0n) is 27.1. The van der Waals surface area contributed by atoms with Crippen LogP contribution in [0.5, 0.6) is 5.75 Å². The third-order valence-electron chi connectivity index (χ3n) is 7.95. The second-order valence-corrected chi connectivity index (χ2v) is 19.0. The Bertz CT molecular complexity index is 1910. The number of rotatable bonds is 8. The number of hydrogen-bond acceptors (Lipinski definition) is 5. The molecule has 252 valence electrons. The van der Waals surface area contributed by atoms with Crippen molar-refractivity contribution in [3.8, 4) is 5.75 Å². The van der Waals surface area contributed by atoms with Gasteiger partial charge in [0.05, 0.1) is 5.71 Å². The number of carboxylic acid groups (broad SMARTS) is 1. The fourth-order valence-corrected chi connectivity index (χ4v) is 9.62. The minimum atomic E-state index is -6.38. The van der Waals surface area contributed by atoms with Gasteiger partial charge in [-0.1, -0.05) is 64.2 Å². The van der Waals surface area contributed by atoms with Crippen LogP contribution in [0.1, 0.15) is 57.2 Å². The van der Waals surface area contributed by atoms with Crippen LogP contribution in [0.3, 0.4) is 0 Å². The number of hydrogen-bond donors (Lipinski definition) is 1. The summed E-state index contributed by atoms with van der Waals surface area (Å²) < 4.78 is 99.5. The quantitative estimate of drug-likeness (QED) is 0.0997. The van der Waals surface area contributed by atoms with E-state index in [1.54, 1.807) is 37.4 Å². The van der Waals surface area contributed by atoms with Gasteiger partial charge in [-0.3, -0.25) is 9.79 Å². The maximum absolute atomic E-state index is 16.5. The van der Waals surface area contributed by atoms with Crippen molar-refractivity contribution in [3.63, 3.8) is 0 Å². The van der Waals surface area contributed by atoms with Gasteiger partial charge < -0.3 is 9.29 Å². The SMILES string of the molecule is C/C(=C/C(C)(C)C)C1=CC2=C(c3ccccc3C)c3cc(F)c(OS(=O)(=O)C(F)(F)F)c(F)c3[Si](C)(C)C2=C/C1=N\CCCC(=O)O. The van der Waals surface area contributed by atoms with Crippen LogP contribution < -0.4 is 9.37 Å². The van der Waals surface area contributed by atoms with Gasteiger partial charge in [-0.2, -0.15) is 21.6 Å². The predicted molar refractivity (Wildman–Crippen MR) is 175 cm³/mol. The molecule has 2 aromatic carbocycles. The van der Waals surface area contributed by atoms with Gasteiger partial charge in [0.2, 0.25) is 5.75 Å². The molecular formula is C34H36F5NO5SSi. The molecule has 1 aliphatic heterocycles. The van der Waals surface area contributed by atoms with Crippen LogP contribution in [0.2, 0.25) is 13.1 Å². The number of fused-ring (bicyclic) bond motifs is 2. The Kier molecular flexibility index (Phi) is 9.68. The van der Waals surface area contributed by atoms with Gasteiger partial charge >= 0.3 is 21.6 Å². The van der Waals surface area contributed by atoms with Crippen LogP contribution in [-0.4, -0.2) is 45.3 Å². The molecule has 0 saturated carbocycles. The molecule has 0 bridgehead atoms. The average Bonchev–Trinajstić information content (AvgIpc) is 2.92. The Morgan fingerprint density at radius 1 is 1.06 bits per heavy atom. The van der Waals surface area contributed by atoms with Crippen molar-refractivity contribution in [2.75, 3.05) is 6.54 Å². The van der Waals surface area contributed by atoms with E-state index < -0.39 is 47.1 Å². The van der Waals surface area contributed by atoms with E-state index in [9.17, 15) is 26.4 Å². The number of halogens is 5. The highest BCUT2D eigenvalue weighted by atomic mass is 32.2. The molecule has 0 saturated heterocycles. The van der Waals surface area contributed by atoms with Crippen LogP contribution in [-0.2, 0) is 14.9 Å². The number of benzene rings is 2. The lowest BCUT2D eigenvalue weighted by Crippen LogP contribution is -2.51. The van der Waals surface area contributed by atoms with Crippen molar-refractivity contribution in [3.05, 3.63) is 98.8 Å². The third kappa shape index (κ3) is 7.20. The fourth-order valence-electron chi connectivity index (χ4n) is 5.98.